The molecular formula is C24H32N4O2. The smallest absolute Gasteiger partial charge is 0.407 e. The van der Waals surface area contributed by atoms with Crippen LogP contribution in [0.5, 0.6) is 0 Å². The van der Waals surface area contributed by atoms with Gasteiger partial charge in [-0.2, -0.15) is 5.10 Å². The molecule has 6 nitrogen and oxygen atoms in total. The van der Waals surface area contributed by atoms with E-state index in [2.05, 4.69) is 22.2 Å². The number of hydrogen-bond donors (Lipinski definition) is 2. The predicted octanol–water partition coefficient (Wildman–Crippen LogP) is 4.07. The van der Waals surface area contributed by atoms with Gasteiger partial charge in [0.25, 0.3) is 0 Å². The highest BCUT2D eigenvalue weighted by Gasteiger charge is 2.50. The maximum absolute atomic E-state index is 12.4. The van der Waals surface area contributed by atoms with Crippen LogP contribution in [-0.2, 0) is 37.4 Å². The van der Waals surface area contributed by atoms with E-state index in [0.717, 1.165) is 70.1 Å². The van der Waals surface area contributed by atoms with E-state index in [1.54, 1.807) is 0 Å². The summed E-state index contributed by atoms with van der Waals surface area (Å²) in [4.78, 5) is 12.4. The van der Waals surface area contributed by atoms with Gasteiger partial charge in [-0.25, -0.2) is 4.79 Å². The summed E-state index contributed by atoms with van der Waals surface area (Å²) in [6.07, 6.45) is 7.28. The van der Waals surface area contributed by atoms with E-state index in [1.165, 1.54) is 17.0 Å². The monoisotopic (exact) mass is 408 g/mol. The molecule has 2 N–H and O–H groups in total. The Morgan fingerprint density at radius 3 is 2.57 bits per heavy atom. The standard InChI is InChI=1S/C24H32N4O2/c1-2-20-19-14-25-15-21(19)28(27-20)17-23-8-11-24(12-9-23,13-10-23)26-22(29)30-16-18-6-4-3-5-7-18/h3-7,25H,2,8-17H2,1H3,(H,26,29). The Kier molecular flexibility index (Phi) is 5.05. The number of amides is 1. The fraction of sp³-hybridized carbons (Fsp3) is 0.583. The first kappa shape index (κ1) is 19.6. The fourth-order valence-corrected chi connectivity index (χ4v) is 5.69. The van der Waals surface area contributed by atoms with Crippen LogP contribution in [0.4, 0.5) is 4.79 Å². The second-order valence-corrected chi connectivity index (χ2v) is 9.45. The predicted molar refractivity (Wildman–Crippen MR) is 115 cm³/mol. The normalized spacial score (nSPS) is 27.1. The Balaban J connectivity index is 1.19. The summed E-state index contributed by atoms with van der Waals surface area (Å²) in [5.41, 5.74) is 5.34. The summed E-state index contributed by atoms with van der Waals surface area (Å²) in [6, 6.07) is 9.85. The molecule has 30 heavy (non-hydrogen) atoms. The zero-order valence-corrected chi connectivity index (χ0v) is 17.9. The minimum atomic E-state index is -0.281. The van der Waals surface area contributed by atoms with Gasteiger partial charge < -0.3 is 15.4 Å². The first-order valence-electron chi connectivity index (χ1n) is 11.4. The van der Waals surface area contributed by atoms with Crippen LogP contribution in [0.25, 0.3) is 0 Å². The van der Waals surface area contributed by atoms with Gasteiger partial charge in [0.15, 0.2) is 0 Å². The van der Waals surface area contributed by atoms with Crippen molar-refractivity contribution >= 4 is 6.09 Å². The highest BCUT2D eigenvalue weighted by atomic mass is 16.5. The highest BCUT2D eigenvalue weighted by Crippen LogP contribution is 2.53. The first-order valence-corrected chi connectivity index (χ1v) is 11.4. The number of nitrogens with zero attached hydrogens (tertiary/aromatic N) is 2. The Morgan fingerprint density at radius 1 is 1.13 bits per heavy atom. The molecule has 4 aliphatic rings. The molecule has 0 unspecified atom stereocenters. The van der Waals surface area contributed by atoms with Crippen molar-refractivity contribution in [3.63, 3.8) is 0 Å². The molecule has 2 bridgehead atoms. The SMILES string of the molecule is CCc1nn(CC23CCC(NC(=O)OCc4ccccc4)(CC2)CC3)c2c1CNC2. The van der Waals surface area contributed by atoms with Gasteiger partial charge >= 0.3 is 6.09 Å². The van der Waals surface area contributed by atoms with Crippen LogP contribution in [0.3, 0.4) is 0 Å². The lowest BCUT2D eigenvalue weighted by atomic mass is 9.57. The highest BCUT2D eigenvalue weighted by molar-refractivity contribution is 5.68. The third-order valence-electron chi connectivity index (χ3n) is 7.65. The molecule has 0 atom stereocenters. The number of nitrogens with one attached hydrogen (secondary N) is 2. The van der Waals surface area contributed by atoms with Crippen LogP contribution in [-0.4, -0.2) is 21.4 Å². The van der Waals surface area contributed by atoms with Crippen molar-refractivity contribution in [2.45, 2.75) is 83.6 Å². The third kappa shape index (κ3) is 3.62. The summed E-state index contributed by atoms with van der Waals surface area (Å²) in [5, 5.41) is 11.7. The number of aryl methyl sites for hydroxylation is 1. The van der Waals surface area contributed by atoms with Crippen LogP contribution in [0, 0.1) is 5.41 Å². The van der Waals surface area contributed by atoms with Crippen molar-refractivity contribution in [2.75, 3.05) is 0 Å². The van der Waals surface area contributed by atoms with E-state index in [-0.39, 0.29) is 11.6 Å². The minimum Gasteiger partial charge on any atom is -0.445 e. The van der Waals surface area contributed by atoms with E-state index in [0.29, 0.717) is 12.0 Å². The van der Waals surface area contributed by atoms with E-state index < -0.39 is 0 Å². The molecule has 1 aromatic carbocycles. The lowest BCUT2D eigenvalue weighted by Gasteiger charge is -2.53. The maximum Gasteiger partial charge on any atom is 0.407 e. The van der Waals surface area contributed by atoms with Crippen molar-refractivity contribution < 1.29 is 9.53 Å². The average molecular weight is 409 g/mol. The molecule has 2 aromatic rings. The Morgan fingerprint density at radius 2 is 1.87 bits per heavy atom. The Bertz CT molecular complexity index is 896. The van der Waals surface area contributed by atoms with E-state index >= 15 is 0 Å². The summed E-state index contributed by atoms with van der Waals surface area (Å²) >= 11 is 0. The van der Waals surface area contributed by atoms with Gasteiger partial charge in [-0.3, -0.25) is 4.68 Å². The number of carbonyl (C=O) groups excluding carboxylic acids is 1. The van der Waals surface area contributed by atoms with Crippen molar-refractivity contribution in [1.29, 1.82) is 0 Å². The quantitative estimate of drug-likeness (QED) is 0.756. The summed E-state index contributed by atoms with van der Waals surface area (Å²) < 4.78 is 7.79. The van der Waals surface area contributed by atoms with Crippen molar-refractivity contribution in [3.05, 3.63) is 52.8 Å². The molecule has 1 aromatic heterocycles. The molecule has 1 amide bonds. The molecule has 6 rings (SSSR count). The van der Waals surface area contributed by atoms with Crippen LogP contribution in [0.1, 0.15) is 68.0 Å². The molecule has 6 heteroatoms. The molecule has 0 spiro atoms. The zero-order valence-electron chi connectivity index (χ0n) is 17.9. The summed E-state index contributed by atoms with van der Waals surface area (Å²) in [6.45, 7) is 5.44. The van der Waals surface area contributed by atoms with Gasteiger partial charge in [-0.1, -0.05) is 37.3 Å². The second-order valence-electron chi connectivity index (χ2n) is 9.45. The molecule has 160 valence electrons. The average Bonchev–Trinajstić information content (AvgIpc) is 3.38. The van der Waals surface area contributed by atoms with Gasteiger partial charge in [0.05, 0.1) is 11.4 Å². The Hall–Kier alpha value is -2.34. The fourth-order valence-electron chi connectivity index (χ4n) is 5.69. The zero-order chi connectivity index (χ0) is 20.6. The lowest BCUT2D eigenvalue weighted by Crippen LogP contribution is -2.57. The minimum absolute atomic E-state index is 0.0856. The number of benzene rings is 1. The second kappa shape index (κ2) is 7.73. The first-order chi connectivity index (χ1) is 14.6. The van der Waals surface area contributed by atoms with E-state index in [9.17, 15) is 4.79 Å². The third-order valence-corrected chi connectivity index (χ3v) is 7.65. The lowest BCUT2D eigenvalue weighted by molar-refractivity contribution is 0.00586. The molecular weight excluding hydrogens is 376 g/mol. The number of alkyl carbamates (subject to hydrolysis) is 1. The van der Waals surface area contributed by atoms with Gasteiger partial charge in [-0.15, -0.1) is 0 Å². The molecule has 0 radical (unpaired) electrons. The molecule has 3 saturated carbocycles. The maximum atomic E-state index is 12.4. The van der Waals surface area contributed by atoms with Crippen LogP contribution in [0.15, 0.2) is 30.3 Å². The largest absolute Gasteiger partial charge is 0.445 e. The molecule has 3 aliphatic carbocycles. The number of ether oxygens (including phenoxy) is 1. The van der Waals surface area contributed by atoms with Crippen LogP contribution >= 0.6 is 0 Å². The number of aromatic nitrogens is 2. The van der Waals surface area contributed by atoms with Crippen LogP contribution < -0.4 is 10.6 Å². The van der Waals surface area contributed by atoms with Gasteiger partial charge in [0, 0.05) is 30.7 Å². The number of rotatable bonds is 6. The summed E-state index contributed by atoms with van der Waals surface area (Å²) in [7, 11) is 0. The van der Waals surface area contributed by atoms with Gasteiger partial charge in [0.2, 0.25) is 0 Å². The van der Waals surface area contributed by atoms with Gasteiger partial charge in [-0.05, 0) is 55.9 Å². The number of carbonyl (C=O) groups is 1. The van der Waals surface area contributed by atoms with E-state index in [4.69, 9.17) is 9.84 Å². The summed E-state index contributed by atoms with van der Waals surface area (Å²) in [5.74, 6) is 0. The van der Waals surface area contributed by atoms with Crippen LogP contribution in [0.2, 0.25) is 0 Å². The number of fused-ring (bicyclic) bond motifs is 4. The number of hydrogen-bond acceptors (Lipinski definition) is 4. The topological polar surface area (TPSA) is 68.2 Å². The molecule has 0 saturated heterocycles. The van der Waals surface area contributed by atoms with Crippen molar-refractivity contribution in [3.8, 4) is 0 Å². The van der Waals surface area contributed by atoms with E-state index in [1.807, 2.05) is 30.3 Å². The molecule has 1 aliphatic heterocycles. The molecule has 2 heterocycles. The van der Waals surface area contributed by atoms with Gasteiger partial charge in [0.1, 0.15) is 6.61 Å². The van der Waals surface area contributed by atoms with Crippen molar-refractivity contribution in [1.82, 2.24) is 20.4 Å². The van der Waals surface area contributed by atoms with Crippen molar-refractivity contribution in [2.24, 2.45) is 5.41 Å². The molecule has 3 fully saturated rings. The Labute approximate surface area is 178 Å².